The number of likely N-dealkylation sites (tertiary alicyclic amines) is 1. The fraction of sp³-hybridized carbons (Fsp3) is 0.500. The molecular weight excluding hydrogens is 539 g/mol. The molecule has 0 bridgehead atoms. The molecular formula is C26H31ClF7N3O. The van der Waals surface area contributed by atoms with E-state index in [2.05, 4.69) is 5.32 Å². The van der Waals surface area contributed by atoms with Crippen LogP contribution < -0.4 is 5.32 Å². The van der Waals surface area contributed by atoms with Crippen LogP contribution in [0, 0.1) is 12.7 Å². The summed E-state index contributed by atoms with van der Waals surface area (Å²) in [6, 6.07) is 3.63. The van der Waals surface area contributed by atoms with Crippen LogP contribution in [0.1, 0.15) is 66.6 Å². The Morgan fingerprint density at radius 1 is 1.08 bits per heavy atom. The zero-order chi connectivity index (χ0) is 27.7. The van der Waals surface area contributed by atoms with Gasteiger partial charge < -0.3 is 15.1 Å². The summed E-state index contributed by atoms with van der Waals surface area (Å²) in [7, 11) is 1.35. The number of amides is 2. The average molecular weight is 570 g/mol. The largest absolute Gasteiger partial charge is 0.416 e. The number of hydrogen-bond acceptors (Lipinski definition) is 2. The van der Waals surface area contributed by atoms with Crippen molar-refractivity contribution in [3.05, 3.63) is 70.0 Å². The van der Waals surface area contributed by atoms with Crippen LogP contribution >= 0.6 is 12.4 Å². The molecule has 0 radical (unpaired) electrons. The molecule has 0 saturated carbocycles. The summed E-state index contributed by atoms with van der Waals surface area (Å²) in [5, 5.41) is 3.35. The number of urea groups is 1. The van der Waals surface area contributed by atoms with Gasteiger partial charge in [0.2, 0.25) is 0 Å². The molecule has 12 heteroatoms. The molecule has 1 aliphatic rings. The van der Waals surface area contributed by atoms with Crippen molar-refractivity contribution in [2.45, 2.75) is 64.1 Å². The van der Waals surface area contributed by atoms with Crippen molar-refractivity contribution in [2.75, 3.05) is 20.1 Å². The molecule has 2 aromatic rings. The van der Waals surface area contributed by atoms with Crippen molar-refractivity contribution in [2.24, 2.45) is 0 Å². The fourth-order valence-corrected chi connectivity index (χ4v) is 4.79. The molecule has 1 heterocycles. The minimum atomic E-state index is -4.99. The van der Waals surface area contributed by atoms with Gasteiger partial charge in [0, 0.05) is 19.6 Å². The van der Waals surface area contributed by atoms with Crippen LogP contribution in [0.4, 0.5) is 35.5 Å². The predicted octanol–water partition coefficient (Wildman–Crippen LogP) is 7.52. The zero-order valence-electron chi connectivity index (χ0n) is 21.4. The van der Waals surface area contributed by atoms with E-state index in [0.717, 1.165) is 10.5 Å². The minimum absolute atomic E-state index is 0. The van der Waals surface area contributed by atoms with Crippen LogP contribution in [-0.4, -0.2) is 42.0 Å². The molecule has 0 aliphatic carbocycles. The van der Waals surface area contributed by atoms with E-state index < -0.39 is 47.4 Å². The summed E-state index contributed by atoms with van der Waals surface area (Å²) < 4.78 is 94.0. The quantitative estimate of drug-likeness (QED) is 0.378. The molecule has 3 rings (SSSR count). The van der Waals surface area contributed by atoms with E-state index in [0.29, 0.717) is 43.6 Å². The summed E-state index contributed by atoms with van der Waals surface area (Å²) in [6.45, 7) is 6.09. The second kappa shape index (κ2) is 12.1. The van der Waals surface area contributed by atoms with Crippen molar-refractivity contribution >= 4 is 18.4 Å². The van der Waals surface area contributed by atoms with E-state index in [4.69, 9.17) is 0 Å². The molecule has 0 spiro atoms. The highest BCUT2D eigenvalue weighted by Gasteiger charge is 2.39. The Bertz CT molecular complexity index is 1090. The summed E-state index contributed by atoms with van der Waals surface area (Å²) in [6.07, 6.45) is -8.84. The SMILES string of the molecule is CCN[C@H]1CCN(C(=O)N(C)[C@H](C)c2cc(C(F)(F)F)cc(C(F)(F)F)c2)[C@@H](c2ccc(F)cc2C)C1.Cl. The highest BCUT2D eigenvalue weighted by molar-refractivity contribution is 5.85. The lowest BCUT2D eigenvalue weighted by Gasteiger charge is -2.43. The third-order valence-electron chi connectivity index (χ3n) is 6.91. The molecule has 2 amide bonds. The molecule has 0 aromatic heterocycles. The standard InChI is InChI=1S/C26H30F7N3O.ClH/c1-5-34-21-8-9-36(23(14-21)22-7-6-20(27)10-15(22)2)24(37)35(4)16(3)17-11-18(25(28,29)30)13-19(12-17)26(31,32)33;/h6-7,10-13,16,21,23,34H,5,8-9,14H2,1-4H3;1H/t16-,21+,23-;/m1./s1. The lowest BCUT2D eigenvalue weighted by Crippen LogP contribution is -2.51. The third-order valence-corrected chi connectivity index (χ3v) is 6.91. The monoisotopic (exact) mass is 569 g/mol. The van der Waals surface area contributed by atoms with Crippen LogP contribution in [0.2, 0.25) is 0 Å². The highest BCUT2D eigenvalue weighted by Crippen LogP contribution is 2.39. The smallest absolute Gasteiger partial charge is 0.321 e. The maximum absolute atomic E-state index is 13.8. The van der Waals surface area contributed by atoms with E-state index in [9.17, 15) is 35.5 Å². The number of piperidine rings is 1. The minimum Gasteiger partial charge on any atom is -0.321 e. The molecule has 2 aromatic carbocycles. The van der Waals surface area contributed by atoms with Gasteiger partial charge in [0.1, 0.15) is 5.82 Å². The summed E-state index contributed by atoms with van der Waals surface area (Å²) >= 11 is 0. The molecule has 0 unspecified atom stereocenters. The maximum atomic E-state index is 13.8. The molecule has 1 saturated heterocycles. The van der Waals surface area contributed by atoms with Crippen LogP contribution in [-0.2, 0) is 12.4 Å². The Kier molecular flexibility index (Phi) is 10.1. The molecule has 4 nitrogen and oxygen atoms in total. The van der Waals surface area contributed by atoms with Gasteiger partial charge in [0.05, 0.1) is 23.2 Å². The van der Waals surface area contributed by atoms with E-state index in [1.54, 1.807) is 17.9 Å². The number of benzene rings is 2. The number of aryl methyl sites for hydroxylation is 1. The highest BCUT2D eigenvalue weighted by atomic mass is 35.5. The van der Waals surface area contributed by atoms with Crippen molar-refractivity contribution < 1.29 is 35.5 Å². The number of nitrogens with zero attached hydrogens (tertiary/aromatic N) is 2. The molecule has 212 valence electrons. The third kappa shape index (κ3) is 7.11. The van der Waals surface area contributed by atoms with Gasteiger partial charge in [-0.2, -0.15) is 26.3 Å². The Balaban J connectivity index is 0.00000507. The first kappa shape index (κ1) is 31.7. The zero-order valence-corrected chi connectivity index (χ0v) is 22.2. The van der Waals surface area contributed by atoms with Crippen molar-refractivity contribution in [1.29, 1.82) is 0 Å². The van der Waals surface area contributed by atoms with Gasteiger partial charge >= 0.3 is 18.4 Å². The van der Waals surface area contributed by atoms with Crippen LogP contribution in [0.3, 0.4) is 0 Å². The van der Waals surface area contributed by atoms with E-state index >= 15 is 0 Å². The number of nitrogens with one attached hydrogen (secondary N) is 1. The fourth-order valence-electron chi connectivity index (χ4n) is 4.79. The van der Waals surface area contributed by atoms with Gasteiger partial charge in [-0.3, -0.25) is 0 Å². The van der Waals surface area contributed by atoms with Crippen molar-refractivity contribution in [1.82, 2.24) is 15.1 Å². The van der Waals surface area contributed by atoms with Gasteiger partial charge in [-0.15, -0.1) is 12.4 Å². The average Bonchev–Trinajstić information content (AvgIpc) is 2.81. The van der Waals surface area contributed by atoms with Gasteiger partial charge in [0.25, 0.3) is 0 Å². The first-order valence-electron chi connectivity index (χ1n) is 12.0. The van der Waals surface area contributed by atoms with Crippen LogP contribution in [0.25, 0.3) is 0 Å². The number of hydrogen-bond donors (Lipinski definition) is 1. The van der Waals surface area contributed by atoms with Crippen LogP contribution in [0.5, 0.6) is 0 Å². The number of alkyl halides is 6. The number of rotatable bonds is 5. The molecule has 1 N–H and O–H groups in total. The normalized spacial score (nSPS) is 19.1. The molecule has 1 aliphatic heterocycles. The molecule has 1 fully saturated rings. The van der Waals surface area contributed by atoms with E-state index in [1.807, 2.05) is 6.92 Å². The summed E-state index contributed by atoms with van der Waals surface area (Å²) in [5.41, 5.74) is -1.78. The first-order valence-corrected chi connectivity index (χ1v) is 12.0. The van der Waals surface area contributed by atoms with Gasteiger partial charge in [-0.1, -0.05) is 13.0 Å². The van der Waals surface area contributed by atoms with Crippen molar-refractivity contribution in [3.8, 4) is 0 Å². The Hall–Kier alpha value is -2.53. The lowest BCUT2D eigenvalue weighted by molar-refractivity contribution is -0.143. The summed E-state index contributed by atoms with van der Waals surface area (Å²) in [4.78, 5) is 16.3. The lowest BCUT2D eigenvalue weighted by atomic mass is 9.89. The van der Waals surface area contributed by atoms with E-state index in [1.165, 1.54) is 26.1 Å². The Morgan fingerprint density at radius 3 is 2.16 bits per heavy atom. The molecule has 3 atom stereocenters. The topological polar surface area (TPSA) is 35.6 Å². The second-order valence-corrected chi connectivity index (χ2v) is 9.40. The van der Waals surface area contributed by atoms with Gasteiger partial charge in [-0.25, -0.2) is 9.18 Å². The first-order chi connectivity index (χ1) is 17.1. The Morgan fingerprint density at radius 2 is 1.66 bits per heavy atom. The number of halogens is 8. The van der Waals surface area contributed by atoms with Gasteiger partial charge in [-0.05, 0) is 80.3 Å². The predicted molar refractivity (Wildman–Crippen MR) is 133 cm³/mol. The number of carbonyl (C=O) groups is 1. The van der Waals surface area contributed by atoms with Crippen LogP contribution in [0.15, 0.2) is 36.4 Å². The number of carbonyl (C=O) groups excluding carboxylic acids is 1. The second-order valence-electron chi connectivity index (χ2n) is 9.40. The Labute approximate surface area is 223 Å². The maximum Gasteiger partial charge on any atom is 0.416 e. The molecule has 38 heavy (non-hydrogen) atoms. The van der Waals surface area contributed by atoms with E-state index in [-0.39, 0.29) is 30.1 Å². The summed E-state index contributed by atoms with van der Waals surface area (Å²) in [5.74, 6) is -0.422. The van der Waals surface area contributed by atoms with Crippen molar-refractivity contribution in [3.63, 3.8) is 0 Å². The van der Waals surface area contributed by atoms with Gasteiger partial charge in [0.15, 0.2) is 0 Å².